The fraction of sp³-hybridized carbons (Fsp3) is 0.292. The van der Waals surface area contributed by atoms with Gasteiger partial charge in [0, 0.05) is 34.3 Å². The van der Waals surface area contributed by atoms with Crippen LogP contribution in [0.3, 0.4) is 0 Å². The van der Waals surface area contributed by atoms with E-state index in [0.717, 1.165) is 22.2 Å². The quantitative estimate of drug-likeness (QED) is 0.419. The number of carbonyl (C=O) groups is 1. The molecule has 0 saturated heterocycles. The number of rotatable bonds is 6. The molecule has 1 atom stereocenters. The van der Waals surface area contributed by atoms with Crippen LogP contribution in [0.2, 0.25) is 0 Å². The molecule has 5 rings (SSSR count). The van der Waals surface area contributed by atoms with Crippen molar-refractivity contribution in [3.63, 3.8) is 0 Å². The van der Waals surface area contributed by atoms with Gasteiger partial charge in [0.25, 0.3) is 5.89 Å². The number of carboxylic acids is 1. The van der Waals surface area contributed by atoms with Gasteiger partial charge in [0.1, 0.15) is 11.9 Å². The molecule has 33 heavy (non-hydrogen) atoms. The Bertz CT molecular complexity index is 1340. The summed E-state index contributed by atoms with van der Waals surface area (Å²) in [5.41, 5.74) is 10.00. The Kier molecular flexibility index (Phi) is 5.26. The summed E-state index contributed by atoms with van der Waals surface area (Å²) in [5, 5.41) is 14.3. The predicted molar refractivity (Wildman–Crippen MR) is 122 cm³/mol. The predicted octanol–water partition coefficient (Wildman–Crippen LogP) is 4.27. The molecule has 9 nitrogen and oxygen atoms in total. The first-order valence-corrected chi connectivity index (χ1v) is 10.8. The van der Waals surface area contributed by atoms with E-state index in [2.05, 4.69) is 14.7 Å². The Morgan fingerprint density at radius 2 is 2.06 bits per heavy atom. The summed E-state index contributed by atoms with van der Waals surface area (Å²) in [6.45, 7) is 5.04. The van der Waals surface area contributed by atoms with Crippen LogP contribution in [0.15, 0.2) is 47.0 Å². The Morgan fingerprint density at radius 1 is 1.24 bits per heavy atom. The fourth-order valence-electron chi connectivity index (χ4n) is 4.14. The van der Waals surface area contributed by atoms with Gasteiger partial charge in [-0.2, -0.15) is 4.98 Å². The van der Waals surface area contributed by atoms with Crippen LogP contribution in [0.5, 0.6) is 5.75 Å². The average Bonchev–Trinajstić information content (AvgIpc) is 3.40. The number of ether oxygens (including phenoxy) is 2. The molecule has 3 heterocycles. The molecule has 0 fully saturated rings. The first kappa shape index (κ1) is 21.0. The second kappa shape index (κ2) is 8.25. The average molecular weight is 448 g/mol. The Hall–Kier alpha value is -3.85. The summed E-state index contributed by atoms with van der Waals surface area (Å²) >= 11 is 0. The molecule has 9 heteroatoms. The molecule has 0 aliphatic carbocycles. The molecule has 2 aromatic heterocycles. The second-order valence-electron chi connectivity index (χ2n) is 8.29. The maximum Gasteiger partial charge on any atom is 0.306 e. The Labute approximate surface area is 189 Å². The van der Waals surface area contributed by atoms with Crippen molar-refractivity contribution in [2.24, 2.45) is 0 Å². The van der Waals surface area contributed by atoms with E-state index in [4.69, 9.17) is 19.7 Å². The number of nitrogens with two attached hydrogens (primary N) is 1. The van der Waals surface area contributed by atoms with Crippen molar-refractivity contribution in [1.82, 2.24) is 14.7 Å². The van der Waals surface area contributed by atoms with E-state index in [1.165, 1.54) is 0 Å². The smallest absolute Gasteiger partial charge is 0.306 e. The van der Waals surface area contributed by atoms with Crippen molar-refractivity contribution in [3.8, 4) is 28.6 Å². The number of fused-ring (bicyclic) bond motifs is 3. The van der Waals surface area contributed by atoms with Crippen LogP contribution in [0.25, 0.3) is 33.7 Å². The largest absolute Gasteiger partial charge is 0.489 e. The summed E-state index contributed by atoms with van der Waals surface area (Å²) in [6.07, 6.45) is -0.507. The monoisotopic (exact) mass is 448 g/mol. The summed E-state index contributed by atoms with van der Waals surface area (Å²) in [7, 11) is 0. The molecule has 170 valence electrons. The van der Waals surface area contributed by atoms with E-state index < -0.39 is 12.1 Å². The van der Waals surface area contributed by atoms with Crippen molar-refractivity contribution >= 4 is 22.6 Å². The van der Waals surface area contributed by atoms with E-state index in [1.54, 1.807) is 12.1 Å². The van der Waals surface area contributed by atoms with Gasteiger partial charge in [0.15, 0.2) is 0 Å². The highest BCUT2D eigenvalue weighted by molar-refractivity contribution is 5.86. The van der Waals surface area contributed by atoms with Crippen LogP contribution < -0.4 is 10.5 Å². The molecule has 0 bridgehead atoms. The van der Waals surface area contributed by atoms with Gasteiger partial charge in [0.2, 0.25) is 5.82 Å². The van der Waals surface area contributed by atoms with Crippen molar-refractivity contribution in [2.75, 3.05) is 12.3 Å². The summed E-state index contributed by atoms with van der Waals surface area (Å²) in [6, 6.07) is 13.2. The van der Waals surface area contributed by atoms with Crippen LogP contribution in [0.1, 0.15) is 32.1 Å². The van der Waals surface area contributed by atoms with Crippen LogP contribution in [0.4, 0.5) is 5.69 Å². The molecular weight excluding hydrogens is 424 g/mol. The lowest BCUT2D eigenvalue weighted by atomic mass is 10.1. The Balaban J connectivity index is 1.45. The number of carboxylic acid groups (broad SMARTS) is 1. The highest BCUT2D eigenvalue weighted by Gasteiger charge is 2.25. The normalized spacial score (nSPS) is 15.7. The van der Waals surface area contributed by atoms with Crippen LogP contribution in [0, 0.1) is 0 Å². The van der Waals surface area contributed by atoms with Crippen molar-refractivity contribution in [2.45, 2.75) is 39.0 Å². The van der Waals surface area contributed by atoms with Crippen LogP contribution >= 0.6 is 0 Å². The highest BCUT2D eigenvalue weighted by atomic mass is 16.5. The zero-order chi connectivity index (χ0) is 23.1. The lowest BCUT2D eigenvalue weighted by Gasteiger charge is -2.24. The summed E-state index contributed by atoms with van der Waals surface area (Å²) < 4.78 is 19.0. The van der Waals surface area contributed by atoms with Gasteiger partial charge in [0.05, 0.1) is 24.8 Å². The third-order valence-corrected chi connectivity index (χ3v) is 5.56. The minimum atomic E-state index is -0.886. The van der Waals surface area contributed by atoms with Crippen molar-refractivity contribution < 1.29 is 23.9 Å². The minimum absolute atomic E-state index is 0.0223. The number of nitrogens with zero attached hydrogens (tertiary/aromatic N) is 3. The summed E-state index contributed by atoms with van der Waals surface area (Å²) in [4.78, 5) is 15.7. The van der Waals surface area contributed by atoms with Crippen molar-refractivity contribution in [1.29, 1.82) is 0 Å². The number of anilines is 1. The zero-order valence-electron chi connectivity index (χ0n) is 18.3. The minimum Gasteiger partial charge on any atom is -0.489 e. The van der Waals surface area contributed by atoms with Gasteiger partial charge in [-0.15, -0.1) is 0 Å². The van der Waals surface area contributed by atoms with E-state index in [-0.39, 0.29) is 12.5 Å². The molecule has 0 saturated carbocycles. The number of hydrogen-bond donors (Lipinski definition) is 2. The molecule has 3 N–H and O–H groups in total. The Morgan fingerprint density at radius 3 is 2.82 bits per heavy atom. The first-order valence-electron chi connectivity index (χ1n) is 10.8. The SMILES string of the molecule is CC(C)Oc1ccc(-c2nc(-c3ccc4c(c3)cc3n4CCOC3CC(=O)O)no2)cc1N. The molecular formula is C24H24N4O5. The van der Waals surface area contributed by atoms with Gasteiger partial charge >= 0.3 is 5.97 Å². The third kappa shape index (κ3) is 4.03. The molecule has 1 aliphatic heterocycles. The first-order chi connectivity index (χ1) is 15.9. The molecule has 0 amide bonds. The molecule has 2 aromatic carbocycles. The maximum absolute atomic E-state index is 11.2. The molecule has 1 aliphatic rings. The van der Waals surface area contributed by atoms with Gasteiger partial charge in [-0.25, -0.2) is 0 Å². The lowest BCUT2D eigenvalue weighted by Crippen LogP contribution is -2.22. The number of nitrogen functional groups attached to an aromatic ring is 1. The lowest BCUT2D eigenvalue weighted by molar-refractivity contribution is -0.141. The van der Waals surface area contributed by atoms with Crippen LogP contribution in [-0.4, -0.2) is 38.5 Å². The molecule has 0 spiro atoms. The third-order valence-electron chi connectivity index (χ3n) is 5.56. The zero-order valence-corrected chi connectivity index (χ0v) is 18.3. The number of benzene rings is 2. The van der Waals surface area contributed by atoms with E-state index in [9.17, 15) is 9.90 Å². The van der Waals surface area contributed by atoms with E-state index in [0.29, 0.717) is 41.9 Å². The molecule has 4 aromatic rings. The van der Waals surface area contributed by atoms with Gasteiger partial charge in [-0.1, -0.05) is 5.16 Å². The van der Waals surface area contributed by atoms with Crippen LogP contribution in [-0.2, 0) is 16.1 Å². The standard InChI is InChI=1S/C24H24N4O5/c1-13(2)32-20-6-4-15(10-17(20)25)24-26-23(27-33-24)14-3-5-18-16(9-14)11-19-21(12-22(29)30)31-8-7-28(18)19/h3-6,9-11,13,21H,7-8,12,25H2,1-2H3,(H,29,30). The van der Waals surface area contributed by atoms with Crippen molar-refractivity contribution in [3.05, 3.63) is 48.2 Å². The highest BCUT2D eigenvalue weighted by Crippen LogP contribution is 2.34. The van der Waals surface area contributed by atoms with E-state index >= 15 is 0 Å². The van der Waals surface area contributed by atoms with Gasteiger partial charge < -0.3 is 29.4 Å². The van der Waals surface area contributed by atoms with Gasteiger partial charge in [-0.05, 0) is 56.3 Å². The summed E-state index contributed by atoms with van der Waals surface area (Å²) in [5.74, 6) is 0.541. The fourth-order valence-corrected chi connectivity index (χ4v) is 4.14. The van der Waals surface area contributed by atoms with Gasteiger partial charge in [-0.3, -0.25) is 4.79 Å². The van der Waals surface area contributed by atoms with E-state index in [1.807, 2.05) is 44.2 Å². The topological polar surface area (TPSA) is 126 Å². The number of aromatic nitrogens is 3. The molecule has 1 unspecified atom stereocenters. The second-order valence-corrected chi connectivity index (χ2v) is 8.29. The maximum atomic E-state index is 11.2. The molecule has 0 radical (unpaired) electrons. The number of hydrogen-bond acceptors (Lipinski definition) is 7. The number of aliphatic carboxylic acids is 1.